The number of anilines is 2. The monoisotopic (exact) mass is 341 g/mol. The summed E-state index contributed by atoms with van der Waals surface area (Å²) in [5, 5.41) is 3.75. The van der Waals surface area contributed by atoms with Crippen molar-refractivity contribution in [1.29, 1.82) is 0 Å². The van der Waals surface area contributed by atoms with Gasteiger partial charge in [-0.15, -0.1) is 11.3 Å². The Balaban J connectivity index is 2.02. The van der Waals surface area contributed by atoms with E-state index in [-0.39, 0.29) is 5.91 Å². The SMILES string of the molecule is COc1ccc(C)cc1NC(=O)c1sc2nc(C)cc(C)c2c1N. The molecule has 2 heterocycles. The van der Waals surface area contributed by atoms with Crippen molar-refractivity contribution in [1.82, 2.24) is 4.98 Å². The molecule has 6 heteroatoms. The van der Waals surface area contributed by atoms with E-state index >= 15 is 0 Å². The molecule has 0 saturated carbocycles. The zero-order chi connectivity index (χ0) is 17.4. The number of fused-ring (bicyclic) bond motifs is 1. The lowest BCUT2D eigenvalue weighted by molar-refractivity contribution is 0.103. The number of nitrogen functional groups attached to an aromatic ring is 1. The average Bonchev–Trinajstić information content (AvgIpc) is 2.84. The largest absolute Gasteiger partial charge is 0.495 e. The number of thiophene rings is 1. The minimum atomic E-state index is -0.253. The number of methoxy groups -OCH3 is 1. The van der Waals surface area contributed by atoms with Crippen LogP contribution in [0.4, 0.5) is 11.4 Å². The molecule has 3 rings (SSSR count). The summed E-state index contributed by atoms with van der Waals surface area (Å²) in [4.78, 5) is 18.5. The van der Waals surface area contributed by atoms with Crippen molar-refractivity contribution < 1.29 is 9.53 Å². The van der Waals surface area contributed by atoms with E-state index in [0.717, 1.165) is 27.0 Å². The summed E-state index contributed by atoms with van der Waals surface area (Å²) >= 11 is 1.31. The second kappa shape index (κ2) is 6.13. The normalized spacial score (nSPS) is 10.8. The van der Waals surface area contributed by atoms with Crippen LogP contribution in [0.1, 0.15) is 26.5 Å². The van der Waals surface area contributed by atoms with Gasteiger partial charge >= 0.3 is 0 Å². The van der Waals surface area contributed by atoms with Gasteiger partial charge in [0.1, 0.15) is 15.5 Å². The molecule has 3 aromatic rings. The molecule has 0 spiro atoms. The van der Waals surface area contributed by atoms with Gasteiger partial charge in [-0.25, -0.2) is 4.98 Å². The number of aromatic nitrogens is 1. The minimum absolute atomic E-state index is 0.253. The smallest absolute Gasteiger partial charge is 0.268 e. The predicted molar refractivity (Wildman–Crippen MR) is 99.2 cm³/mol. The number of ether oxygens (including phenoxy) is 1. The lowest BCUT2D eigenvalue weighted by Gasteiger charge is -2.10. The highest BCUT2D eigenvalue weighted by Crippen LogP contribution is 2.36. The molecule has 0 aliphatic rings. The Labute approximate surface area is 144 Å². The van der Waals surface area contributed by atoms with Crippen molar-refractivity contribution in [3.63, 3.8) is 0 Å². The molecule has 0 unspecified atom stereocenters. The molecule has 5 nitrogen and oxygen atoms in total. The summed E-state index contributed by atoms with van der Waals surface area (Å²) in [6.45, 7) is 5.87. The van der Waals surface area contributed by atoms with Crippen LogP contribution in [0.5, 0.6) is 5.75 Å². The molecule has 1 aromatic carbocycles. The maximum absolute atomic E-state index is 12.7. The summed E-state index contributed by atoms with van der Waals surface area (Å²) in [6.07, 6.45) is 0. The molecule has 1 amide bonds. The Kier molecular flexibility index (Phi) is 4.15. The number of amides is 1. The first kappa shape index (κ1) is 16.3. The van der Waals surface area contributed by atoms with Crippen LogP contribution in [0.2, 0.25) is 0 Å². The van der Waals surface area contributed by atoms with E-state index in [1.54, 1.807) is 7.11 Å². The van der Waals surface area contributed by atoms with Crippen molar-refractivity contribution in [2.45, 2.75) is 20.8 Å². The number of pyridine rings is 1. The summed E-state index contributed by atoms with van der Waals surface area (Å²) in [7, 11) is 1.57. The number of nitrogens with one attached hydrogen (secondary N) is 1. The van der Waals surface area contributed by atoms with Gasteiger partial charge in [0.2, 0.25) is 0 Å². The number of nitrogens with two attached hydrogens (primary N) is 1. The van der Waals surface area contributed by atoms with E-state index < -0.39 is 0 Å². The lowest BCUT2D eigenvalue weighted by atomic mass is 10.1. The highest BCUT2D eigenvalue weighted by molar-refractivity contribution is 7.21. The minimum Gasteiger partial charge on any atom is -0.495 e. The molecule has 24 heavy (non-hydrogen) atoms. The molecule has 0 aliphatic heterocycles. The van der Waals surface area contributed by atoms with Crippen LogP contribution in [0.3, 0.4) is 0 Å². The quantitative estimate of drug-likeness (QED) is 0.753. The number of carbonyl (C=O) groups is 1. The third-order valence-corrected chi connectivity index (χ3v) is 4.93. The first-order chi connectivity index (χ1) is 11.4. The third kappa shape index (κ3) is 2.80. The van der Waals surface area contributed by atoms with Crippen LogP contribution in [-0.2, 0) is 0 Å². The van der Waals surface area contributed by atoms with Crippen LogP contribution in [0, 0.1) is 20.8 Å². The molecule has 124 valence electrons. The summed E-state index contributed by atoms with van der Waals surface area (Å²) < 4.78 is 5.31. The van der Waals surface area contributed by atoms with Crippen LogP contribution in [0.25, 0.3) is 10.2 Å². The highest BCUT2D eigenvalue weighted by atomic mass is 32.1. The third-order valence-electron chi connectivity index (χ3n) is 3.83. The second-order valence-electron chi connectivity index (χ2n) is 5.76. The Hall–Kier alpha value is -2.60. The maximum atomic E-state index is 12.7. The van der Waals surface area contributed by atoms with Crippen molar-refractivity contribution in [2.24, 2.45) is 0 Å². The van der Waals surface area contributed by atoms with Gasteiger partial charge in [-0.05, 0) is 50.1 Å². The van der Waals surface area contributed by atoms with Crippen molar-refractivity contribution >= 4 is 38.8 Å². The molecule has 0 bridgehead atoms. The number of hydrogen-bond acceptors (Lipinski definition) is 5. The Morgan fingerprint density at radius 1 is 1.25 bits per heavy atom. The van der Waals surface area contributed by atoms with Crippen LogP contribution in [-0.4, -0.2) is 18.0 Å². The van der Waals surface area contributed by atoms with Gasteiger partial charge in [-0.2, -0.15) is 0 Å². The number of nitrogens with zero attached hydrogens (tertiary/aromatic N) is 1. The molecule has 0 fully saturated rings. The maximum Gasteiger partial charge on any atom is 0.268 e. The molecule has 2 aromatic heterocycles. The standard InChI is InChI=1S/C18H19N3O2S/c1-9-5-6-13(23-4)12(7-9)21-17(22)16-15(19)14-10(2)8-11(3)20-18(14)24-16/h5-8H,19H2,1-4H3,(H,21,22). The molecule has 0 atom stereocenters. The average molecular weight is 341 g/mol. The van der Waals surface area contributed by atoms with E-state index in [4.69, 9.17) is 10.5 Å². The molecular weight excluding hydrogens is 322 g/mol. The van der Waals surface area contributed by atoms with Gasteiger partial charge < -0.3 is 15.8 Å². The predicted octanol–water partition coefficient (Wildman–Crippen LogP) is 4.06. The summed E-state index contributed by atoms with van der Waals surface area (Å²) in [5.74, 6) is 0.357. The van der Waals surface area contributed by atoms with Gasteiger partial charge in [-0.3, -0.25) is 4.79 Å². The van der Waals surface area contributed by atoms with E-state index in [1.807, 2.05) is 45.0 Å². The van der Waals surface area contributed by atoms with Crippen molar-refractivity contribution in [2.75, 3.05) is 18.2 Å². The highest BCUT2D eigenvalue weighted by Gasteiger charge is 2.20. The zero-order valence-electron chi connectivity index (χ0n) is 14.1. The van der Waals surface area contributed by atoms with Gasteiger partial charge in [0.15, 0.2) is 0 Å². The van der Waals surface area contributed by atoms with Crippen LogP contribution < -0.4 is 15.8 Å². The number of rotatable bonds is 3. The first-order valence-corrected chi connectivity index (χ1v) is 8.34. The molecular formula is C18H19N3O2S. The first-order valence-electron chi connectivity index (χ1n) is 7.53. The fourth-order valence-electron chi connectivity index (χ4n) is 2.74. The van der Waals surface area contributed by atoms with Crippen molar-refractivity contribution in [3.05, 3.63) is 46.0 Å². The van der Waals surface area contributed by atoms with Gasteiger partial charge in [0.05, 0.1) is 18.5 Å². The van der Waals surface area contributed by atoms with Crippen molar-refractivity contribution in [3.8, 4) is 5.75 Å². The second-order valence-corrected chi connectivity index (χ2v) is 6.76. The Bertz CT molecular complexity index is 947. The molecule has 0 saturated heterocycles. The number of hydrogen-bond donors (Lipinski definition) is 2. The lowest BCUT2D eigenvalue weighted by Crippen LogP contribution is -2.13. The van der Waals surface area contributed by atoms with E-state index in [2.05, 4.69) is 10.3 Å². The number of aryl methyl sites for hydroxylation is 3. The molecule has 0 radical (unpaired) electrons. The number of benzene rings is 1. The van der Waals surface area contributed by atoms with Crippen LogP contribution >= 0.6 is 11.3 Å². The Morgan fingerprint density at radius 3 is 2.71 bits per heavy atom. The number of carbonyl (C=O) groups excluding carboxylic acids is 1. The Morgan fingerprint density at radius 2 is 2.00 bits per heavy atom. The summed E-state index contributed by atoms with van der Waals surface area (Å²) in [5.41, 5.74) is 10.3. The van der Waals surface area contributed by atoms with Gasteiger partial charge in [0.25, 0.3) is 5.91 Å². The summed E-state index contributed by atoms with van der Waals surface area (Å²) in [6, 6.07) is 7.59. The van der Waals surface area contributed by atoms with E-state index in [0.29, 0.717) is 22.0 Å². The fourth-order valence-corrected chi connectivity index (χ4v) is 3.85. The zero-order valence-corrected chi connectivity index (χ0v) is 14.9. The van der Waals surface area contributed by atoms with Gasteiger partial charge in [0, 0.05) is 11.1 Å². The molecule has 3 N–H and O–H groups in total. The van der Waals surface area contributed by atoms with Crippen LogP contribution in [0.15, 0.2) is 24.3 Å². The fraction of sp³-hybridized carbons (Fsp3) is 0.222. The van der Waals surface area contributed by atoms with Gasteiger partial charge in [-0.1, -0.05) is 6.07 Å². The topological polar surface area (TPSA) is 77.2 Å². The molecule has 0 aliphatic carbocycles. The van der Waals surface area contributed by atoms with E-state index in [9.17, 15) is 4.79 Å². The van der Waals surface area contributed by atoms with E-state index in [1.165, 1.54) is 11.3 Å².